The highest BCUT2D eigenvalue weighted by atomic mass is 16.5. The lowest BCUT2D eigenvalue weighted by Gasteiger charge is -2.30. The number of esters is 1. The molecule has 0 spiro atoms. The zero-order chi connectivity index (χ0) is 24.3. The number of hydrogen-bond donors (Lipinski definition) is 3. The number of rotatable bonds is 7. The van der Waals surface area contributed by atoms with Crippen molar-refractivity contribution in [1.29, 1.82) is 0 Å². The summed E-state index contributed by atoms with van der Waals surface area (Å²) in [5.74, 6) is -1.12. The number of carbonyl (C=O) groups is 4. The number of benzene rings is 2. The fourth-order valence-electron chi connectivity index (χ4n) is 4.40. The average Bonchev–Trinajstić information content (AvgIpc) is 3.10. The summed E-state index contributed by atoms with van der Waals surface area (Å²) in [4.78, 5) is 53.1. The number of imide groups is 1. The maximum atomic E-state index is 13.9. The lowest BCUT2D eigenvalue weighted by Crippen LogP contribution is -2.52. The minimum atomic E-state index is -1.44. The lowest BCUT2D eigenvalue weighted by molar-refractivity contribution is -0.139. The van der Waals surface area contributed by atoms with Crippen LogP contribution >= 0.6 is 0 Å². The Bertz CT molecular complexity index is 1110. The maximum Gasteiger partial charge on any atom is 0.337 e. The molecule has 1 atom stereocenters. The monoisotopic (exact) mass is 462 g/mol. The molecule has 3 N–H and O–H groups in total. The molecule has 0 saturated carbocycles. The van der Waals surface area contributed by atoms with Crippen molar-refractivity contribution < 1.29 is 23.9 Å². The highest BCUT2D eigenvalue weighted by molar-refractivity contribution is 6.10. The van der Waals surface area contributed by atoms with Gasteiger partial charge in [0.25, 0.3) is 5.91 Å². The second-order valence-corrected chi connectivity index (χ2v) is 7.98. The molecule has 34 heavy (non-hydrogen) atoms. The number of nitrogens with one attached hydrogen (secondary N) is 3. The van der Waals surface area contributed by atoms with Gasteiger partial charge in [0.15, 0.2) is 5.54 Å². The summed E-state index contributed by atoms with van der Waals surface area (Å²) in [7, 11) is 0. The molecule has 9 heteroatoms. The molecule has 2 aliphatic heterocycles. The number of hydrogen-bond acceptors (Lipinski definition) is 5. The molecule has 1 unspecified atom stereocenters. The topological polar surface area (TPSA) is 117 Å². The summed E-state index contributed by atoms with van der Waals surface area (Å²) < 4.78 is 5.18. The Hall–Kier alpha value is -4.14. The third-order valence-electron chi connectivity index (χ3n) is 5.98. The molecule has 0 bridgehead atoms. The molecule has 5 amide bonds. The number of ether oxygens (including phenoxy) is 1. The minimum absolute atomic E-state index is 0.147. The van der Waals surface area contributed by atoms with Crippen LogP contribution in [0.5, 0.6) is 0 Å². The van der Waals surface area contributed by atoms with Crippen LogP contribution < -0.4 is 16.0 Å². The summed E-state index contributed by atoms with van der Waals surface area (Å²) in [6.45, 7) is 3.36. The minimum Gasteiger partial charge on any atom is -0.463 e. The molecule has 2 heterocycles. The molecule has 2 aromatic carbocycles. The zero-order valence-electron chi connectivity index (χ0n) is 19.0. The highest BCUT2D eigenvalue weighted by Gasteiger charge is 2.54. The normalized spacial score (nSPS) is 19.4. The molecular weight excluding hydrogens is 436 g/mol. The van der Waals surface area contributed by atoms with Gasteiger partial charge in [-0.3, -0.25) is 9.69 Å². The zero-order valence-corrected chi connectivity index (χ0v) is 19.0. The first kappa shape index (κ1) is 23.0. The molecular formula is C25H26N4O5. The van der Waals surface area contributed by atoms with Gasteiger partial charge in [-0.1, -0.05) is 67.6 Å². The van der Waals surface area contributed by atoms with Gasteiger partial charge in [-0.05, 0) is 24.5 Å². The van der Waals surface area contributed by atoms with Crippen LogP contribution in [0, 0.1) is 0 Å². The molecule has 0 aliphatic carbocycles. The fourth-order valence-corrected chi connectivity index (χ4v) is 4.40. The van der Waals surface area contributed by atoms with Crippen LogP contribution in [-0.4, -0.2) is 48.0 Å². The van der Waals surface area contributed by atoms with E-state index in [0.29, 0.717) is 17.5 Å². The van der Waals surface area contributed by atoms with Crippen LogP contribution in [0.1, 0.15) is 31.4 Å². The van der Waals surface area contributed by atoms with Crippen LogP contribution in [0.2, 0.25) is 0 Å². The number of carbonyl (C=O) groups excluding carboxylic acids is 4. The number of amides is 5. The van der Waals surface area contributed by atoms with Gasteiger partial charge < -0.3 is 20.7 Å². The van der Waals surface area contributed by atoms with Crippen LogP contribution in [0.4, 0.5) is 9.59 Å². The molecule has 1 saturated heterocycles. The van der Waals surface area contributed by atoms with Crippen molar-refractivity contribution in [2.45, 2.75) is 31.8 Å². The van der Waals surface area contributed by atoms with E-state index in [1.54, 1.807) is 55.5 Å². The number of nitrogens with zero attached hydrogens (tertiary/aromatic N) is 1. The first-order chi connectivity index (χ1) is 16.4. The predicted molar refractivity (Wildman–Crippen MR) is 123 cm³/mol. The average molecular weight is 463 g/mol. The van der Waals surface area contributed by atoms with Gasteiger partial charge in [0.05, 0.1) is 30.5 Å². The summed E-state index contributed by atoms with van der Waals surface area (Å²) >= 11 is 0. The summed E-state index contributed by atoms with van der Waals surface area (Å²) in [6.07, 6.45) is 0.434. The van der Waals surface area contributed by atoms with Crippen LogP contribution in [0.3, 0.4) is 0 Å². The lowest BCUT2D eigenvalue weighted by atomic mass is 9.82. The second kappa shape index (κ2) is 9.38. The van der Waals surface area contributed by atoms with Gasteiger partial charge in [0.1, 0.15) is 0 Å². The molecule has 9 nitrogen and oxygen atoms in total. The standard InChI is InChI=1S/C25H26N4O5/c1-3-18-20(21(30)34-4-2)19(27-23(32)26-18)15-29-22(31)25(28-24(29)33,16-11-7-5-8-12-16)17-13-9-6-10-14-17/h5-14,18H,3-4,15H2,1-2H3,(H,28,33)(H2,26,27,32). The molecule has 2 aromatic rings. The van der Waals surface area contributed by atoms with Crippen molar-refractivity contribution in [1.82, 2.24) is 20.9 Å². The molecule has 1 fully saturated rings. The Kier molecular flexibility index (Phi) is 6.36. The highest BCUT2D eigenvalue weighted by Crippen LogP contribution is 2.36. The van der Waals surface area contributed by atoms with Crippen molar-refractivity contribution in [3.05, 3.63) is 83.1 Å². The predicted octanol–water partition coefficient (Wildman–Crippen LogP) is 2.39. The smallest absolute Gasteiger partial charge is 0.337 e. The SMILES string of the molecule is CCOC(=O)C1=C(CN2C(=O)NC(c3ccccc3)(c3ccccc3)C2=O)NC(=O)NC1CC. The maximum absolute atomic E-state index is 13.9. The van der Waals surface area contributed by atoms with E-state index in [1.165, 1.54) is 0 Å². The van der Waals surface area contributed by atoms with Gasteiger partial charge in [-0.2, -0.15) is 0 Å². The summed E-state index contributed by atoms with van der Waals surface area (Å²) in [5.41, 5.74) is 0.117. The molecule has 176 valence electrons. The van der Waals surface area contributed by atoms with E-state index in [0.717, 1.165) is 4.90 Å². The van der Waals surface area contributed by atoms with Crippen molar-refractivity contribution in [3.8, 4) is 0 Å². The third kappa shape index (κ3) is 3.89. The third-order valence-corrected chi connectivity index (χ3v) is 5.98. The first-order valence-electron chi connectivity index (χ1n) is 11.1. The van der Waals surface area contributed by atoms with E-state index < -0.39 is 35.5 Å². The Balaban J connectivity index is 1.78. The van der Waals surface area contributed by atoms with E-state index in [9.17, 15) is 19.2 Å². The van der Waals surface area contributed by atoms with E-state index in [4.69, 9.17) is 4.74 Å². The largest absolute Gasteiger partial charge is 0.463 e. The van der Waals surface area contributed by atoms with Gasteiger partial charge in [-0.25, -0.2) is 14.4 Å². The van der Waals surface area contributed by atoms with E-state index in [2.05, 4.69) is 16.0 Å². The van der Waals surface area contributed by atoms with Crippen LogP contribution in [0.25, 0.3) is 0 Å². The van der Waals surface area contributed by atoms with Gasteiger partial charge in [-0.15, -0.1) is 0 Å². The van der Waals surface area contributed by atoms with Crippen LogP contribution in [-0.2, 0) is 19.9 Å². The van der Waals surface area contributed by atoms with Gasteiger partial charge >= 0.3 is 18.0 Å². The van der Waals surface area contributed by atoms with E-state index in [-0.39, 0.29) is 24.4 Å². The number of urea groups is 2. The van der Waals surface area contributed by atoms with E-state index in [1.807, 2.05) is 19.1 Å². The second-order valence-electron chi connectivity index (χ2n) is 7.98. The Labute approximate surface area is 197 Å². The summed E-state index contributed by atoms with van der Waals surface area (Å²) in [6, 6.07) is 16.2. The summed E-state index contributed by atoms with van der Waals surface area (Å²) in [5, 5.41) is 8.15. The Morgan fingerprint density at radius 2 is 1.56 bits per heavy atom. The molecule has 2 aliphatic rings. The fraction of sp³-hybridized carbons (Fsp3) is 0.280. The quantitative estimate of drug-likeness (QED) is 0.432. The first-order valence-corrected chi connectivity index (χ1v) is 11.1. The van der Waals surface area contributed by atoms with Gasteiger partial charge in [0.2, 0.25) is 0 Å². The molecule has 0 aromatic heterocycles. The van der Waals surface area contributed by atoms with Crippen molar-refractivity contribution >= 4 is 23.9 Å². The Morgan fingerprint density at radius 1 is 0.971 bits per heavy atom. The Morgan fingerprint density at radius 3 is 2.09 bits per heavy atom. The van der Waals surface area contributed by atoms with Crippen molar-refractivity contribution in [3.63, 3.8) is 0 Å². The molecule has 0 radical (unpaired) electrons. The van der Waals surface area contributed by atoms with Gasteiger partial charge in [0, 0.05) is 0 Å². The van der Waals surface area contributed by atoms with Crippen molar-refractivity contribution in [2.24, 2.45) is 0 Å². The van der Waals surface area contributed by atoms with Crippen molar-refractivity contribution in [2.75, 3.05) is 13.2 Å². The van der Waals surface area contributed by atoms with Crippen LogP contribution in [0.15, 0.2) is 71.9 Å². The molecule has 4 rings (SSSR count). The van der Waals surface area contributed by atoms with E-state index >= 15 is 0 Å².